The number of aliphatic hydroxyl groups excluding tert-OH is 2. The smallest absolute Gasteiger partial charge is 0.185 e. The summed E-state index contributed by atoms with van der Waals surface area (Å²) in [6.07, 6.45) is 2.39. The molecule has 0 radical (unpaired) electrons. The molecule has 0 aliphatic heterocycles. The monoisotopic (exact) mass is 486 g/mol. The van der Waals surface area contributed by atoms with Crippen LogP contribution in [0.2, 0.25) is 0 Å². The second-order valence-corrected chi connectivity index (χ2v) is 9.03. The van der Waals surface area contributed by atoms with Gasteiger partial charge in [-0.3, -0.25) is 9.78 Å². The molecule has 9 heteroatoms. The fourth-order valence-electron chi connectivity index (χ4n) is 4.79. The highest BCUT2D eigenvalue weighted by atomic mass is 19.1. The summed E-state index contributed by atoms with van der Waals surface area (Å²) in [5, 5.41) is 30.6. The molecule has 0 bridgehead atoms. The summed E-state index contributed by atoms with van der Waals surface area (Å²) in [5.74, 6) is -4.08. The van der Waals surface area contributed by atoms with Crippen molar-refractivity contribution in [1.29, 1.82) is 0 Å². The number of rotatable bonds is 6. The molecule has 0 saturated heterocycles. The van der Waals surface area contributed by atoms with Crippen LogP contribution in [0.1, 0.15) is 47.3 Å². The van der Waals surface area contributed by atoms with Gasteiger partial charge in [0.25, 0.3) is 0 Å². The number of aliphatic hydroxyl groups is 3. The van der Waals surface area contributed by atoms with Crippen molar-refractivity contribution < 1.29 is 33.3 Å². The Bertz CT molecular complexity index is 1220. The SMILES string of the molecule is C[C@@H]1C[C@H](c2ccncc2CC(=O)c2ccc(F)c(-c3c(F)cccc3F)n2)C[C@H](O)[C@]1(O)CO. The molecule has 4 rings (SSSR count). The molecule has 1 aliphatic rings. The Morgan fingerprint density at radius 3 is 2.46 bits per heavy atom. The number of carbonyl (C=O) groups is 1. The van der Waals surface area contributed by atoms with E-state index in [9.17, 15) is 33.3 Å². The number of nitrogens with zero attached hydrogens (tertiary/aromatic N) is 2. The highest BCUT2D eigenvalue weighted by molar-refractivity contribution is 5.96. The number of ketones is 1. The third-order valence-electron chi connectivity index (χ3n) is 6.89. The first-order chi connectivity index (χ1) is 16.7. The number of Topliss-reactive ketones (excluding diaryl/α,β-unsaturated/α-hetero) is 1. The van der Waals surface area contributed by atoms with Crippen LogP contribution in [0.25, 0.3) is 11.3 Å². The van der Waals surface area contributed by atoms with Crippen LogP contribution in [-0.4, -0.2) is 49.4 Å². The van der Waals surface area contributed by atoms with Crippen molar-refractivity contribution in [3.05, 3.63) is 83.1 Å². The van der Waals surface area contributed by atoms with Crippen molar-refractivity contribution in [2.45, 2.75) is 43.8 Å². The van der Waals surface area contributed by atoms with Gasteiger partial charge in [-0.1, -0.05) is 13.0 Å². The van der Waals surface area contributed by atoms with E-state index in [2.05, 4.69) is 9.97 Å². The zero-order valence-corrected chi connectivity index (χ0v) is 19.0. The number of hydrogen-bond acceptors (Lipinski definition) is 6. The Labute approximate surface area is 200 Å². The van der Waals surface area contributed by atoms with Crippen LogP contribution in [0.5, 0.6) is 0 Å². The minimum atomic E-state index is -1.60. The van der Waals surface area contributed by atoms with Crippen molar-refractivity contribution in [3.63, 3.8) is 0 Å². The lowest BCUT2D eigenvalue weighted by Gasteiger charge is -2.44. The van der Waals surface area contributed by atoms with Gasteiger partial charge < -0.3 is 15.3 Å². The van der Waals surface area contributed by atoms with E-state index in [1.807, 2.05) is 0 Å². The van der Waals surface area contributed by atoms with Gasteiger partial charge in [-0.05, 0) is 66.1 Å². The van der Waals surface area contributed by atoms with Crippen LogP contribution in [0.15, 0.2) is 48.8 Å². The van der Waals surface area contributed by atoms with Gasteiger partial charge in [0.05, 0.1) is 18.3 Å². The lowest BCUT2D eigenvalue weighted by molar-refractivity contribution is -0.159. The second-order valence-electron chi connectivity index (χ2n) is 9.03. The first-order valence-corrected chi connectivity index (χ1v) is 11.2. The quantitative estimate of drug-likeness (QED) is 0.460. The van der Waals surface area contributed by atoms with E-state index in [1.54, 1.807) is 19.2 Å². The van der Waals surface area contributed by atoms with Gasteiger partial charge in [0.2, 0.25) is 0 Å². The Kier molecular flexibility index (Phi) is 7.02. The highest BCUT2D eigenvalue weighted by Crippen LogP contribution is 2.42. The Morgan fingerprint density at radius 1 is 1.09 bits per heavy atom. The molecule has 35 heavy (non-hydrogen) atoms. The van der Waals surface area contributed by atoms with Gasteiger partial charge in [0.15, 0.2) is 5.78 Å². The molecule has 0 spiro atoms. The Hall–Kier alpha value is -3.14. The maximum Gasteiger partial charge on any atom is 0.185 e. The van der Waals surface area contributed by atoms with E-state index in [0.29, 0.717) is 12.0 Å². The number of benzene rings is 1. The Balaban J connectivity index is 1.62. The molecule has 6 nitrogen and oxygen atoms in total. The maximum absolute atomic E-state index is 14.4. The van der Waals surface area contributed by atoms with Gasteiger partial charge >= 0.3 is 0 Å². The zero-order valence-electron chi connectivity index (χ0n) is 19.0. The van der Waals surface area contributed by atoms with Gasteiger partial charge in [0.1, 0.15) is 34.4 Å². The van der Waals surface area contributed by atoms with Gasteiger partial charge in [-0.2, -0.15) is 0 Å². The third-order valence-corrected chi connectivity index (χ3v) is 6.89. The van der Waals surface area contributed by atoms with Crippen molar-refractivity contribution in [1.82, 2.24) is 9.97 Å². The fraction of sp³-hybridized carbons (Fsp3) is 0.346. The van der Waals surface area contributed by atoms with Crippen LogP contribution in [0.4, 0.5) is 13.2 Å². The van der Waals surface area contributed by atoms with Crippen molar-refractivity contribution in [3.8, 4) is 11.3 Å². The van der Waals surface area contributed by atoms with Crippen LogP contribution in [0.3, 0.4) is 0 Å². The van der Waals surface area contributed by atoms with Crippen LogP contribution in [0, 0.1) is 23.4 Å². The molecule has 184 valence electrons. The lowest BCUT2D eigenvalue weighted by atomic mass is 9.68. The molecule has 3 aromatic rings. The molecular formula is C26H25F3N2O4. The molecule has 2 aromatic heterocycles. The third kappa shape index (κ3) is 4.71. The standard InChI is InChI=1S/C26H25F3N2O4/c1-14-9-15(11-23(34)26(14,35)13-32)17-7-8-30-12-16(17)10-22(33)21-6-5-20(29)25(31-21)24-18(27)3-2-4-19(24)28/h2-8,12,14-15,23,32,34-35H,9-11,13H2,1H3/t14-,15+,23+,26+/m1/s1. The van der Waals surface area contributed by atoms with E-state index >= 15 is 0 Å². The average molecular weight is 486 g/mol. The van der Waals surface area contributed by atoms with E-state index in [0.717, 1.165) is 35.9 Å². The number of hydrogen-bond donors (Lipinski definition) is 3. The first kappa shape index (κ1) is 25.0. The molecule has 2 heterocycles. The largest absolute Gasteiger partial charge is 0.393 e. The predicted octanol–water partition coefficient (Wildman–Crippen LogP) is 3.58. The molecule has 1 aromatic carbocycles. The lowest BCUT2D eigenvalue weighted by Crippen LogP contribution is -2.54. The van der Waals surface area contributed by atoms with Gasteiger partial charge in [-0.25, -0.2) is 18.2 Å². The maximum atomic E-state index is 14.4. The second kappa shape index (κ2) is 9.85. The van der Waals surface area contributed by atoms with E-state index < -0.39 is 58.7 Å². The number of pyridine rings is 2. The van der Waals surface area contributed by atoms with Crippen molar-refractivity contribution in [2.24, 2.45) is 5.92 Å². The predicted molar refractivity (Wildman–Crippen MR) is 121 cm³/mol. The van der Waals surface area contributed by atoms with Gasteiger partial charge in [0, 0.05) is 18.8 Å². The fourth-order valence-corrected chi connectivity index (χ4v) is 4.79. The first-order valence-electron chi connectivity index (χ1n) is 11.2. The molecule has 0 unspecified atom stereocenters. The summed E-state index contributed by atoms with van der Waals surface area (Å²) >= 11 is 0. The number of aromatic nitrogens is 2. The molecule has 1 aliphatic carbocycles. The molecule has 3 N–H and O–H groups in total. The summed E-state index contributed by atoms with van der Waals surface area (Å²) in [6, 6.07) is 6.94. The molecule has 0 amide bonds. The molecule has 4 atom stereocenters. The minimum Gasteiger partial charge on any atom is -0.393 e. The van der Waals surface area contributed by atoms with Crippen LogP contribution >= 0.6 is 0 Å². The van der Waals surface area contributed by atoms with Crippen LogP contribution in [-0.2, 0) is 6.42 Å². The molecule has 1 saturated carbocycles. The molecule has 1 fully saturated rings. The summed E-state index contributed by atoms with van der Waals surface area (Å²) in [4.78, 5) is 21.1. The van der Waals surface area contributed by atoms with E-state index in [4.69, 9.17) is 0 Å². The van der Waals surface area contributed by atoms with E-state index in [1.165, 1.54) is 6.20 Å². The highest BCUT2D eigenvalue weighted by Gasteiger charge is 2.46. The Morgan fingerprint density at radius 2 is 1.80 bits per heavy atom. The topological polar surface area (TPSA) is 104 Å². The summed E-state index contributed by atoms with van der Waals surface area (Å²) in [6.45, 7) is 1.17. The number of carbonyl (C=O) groups excluding carboxylic acids is 1. The zero-order chi connectivity index (χ0) is 25.3. The van der Waals surface area contributed by atoms with Crippen LogP contribution < -0.4 is 0 Å². The normalized spacial score (nSPS) is 24.4. The van der Waals surface area contributed by atoms with E-state index in [-0.39, 0.29) is 24.5 Å². The average Bonchev–Trinajstić information content (AvgIpc) is 2.83. The summed E-state index contributed by atoms with van der Waals surface area (Å²) < 4.78 is 42.8. The van der Waals surface area contributed by atoms with Gasteiger partial charge in [-0.15, -0.1) is 0 Å². The number of halogens is 3. The summed E-state index contributed by atoms with van der Waals surface area (Å²) in [5.41, 5.74) is -1.70. The van der Waals surface area contributed by atoms with Crippen molar-refractivity contribution in [2.75, 3.05) is 6.61 Å². The minimum absolute atomic E-state index is 0.160. The van der Waals surface area contributed by atoms with Crippen molar-refractivity contribution >= 4 is 5.78 Å². The summed E-state index contributed by atoms with van der Waals surface area (Å²) in [7, 11) is 0. The molecular weight excluding hydrogens is 461 g/mol.